The van der Waals surface area contributed by atoms with E-state index in [9.17, 15) is 0 Å². The second kappa shape index (κ2) is 10.5. The Morgan fingerprint density at radius 1 is 1.31 bits per heavy atom. The molecular weight excluding hydrogens is 354 g/mol. The van der Waals surface area contributed by atoms with Gasteiger partial charge in [0.15, 0.2) is 0 Å². The fourth-order valence-electron chi connectivity index (χ4n) is 7.04. The fourth-order valence-corrected chi connectivity index (χ4v) is 7.04. The lowest BCUT2D eigenvalue weighted by Crippen LogP contribution is -2.46. The first-order valence-corrected chi connectivity index (χ1v) is 12.7. The zero-order valence-electron chi connectivity index (χ0n) is 19.7. The summed E-state index contributed by atoms with van der Waals surface area (Å²) < 4.78 is 5.82. The molecule has 2 nitrogen and oxygen atoms in total. The summed E-state index contributed by atoms with van der Waals surface area (Å²) in [5.74, 6) is 5.33. The second-order valence-corrected chi connectivity index (χ2v) is 10.5. The van der Waals surface area contributed by atoms with Gasteiger partial charge in [-0.3, -0.25) is 0 Å². The Morgan fingerprint density at radius 3 is 2.86 bits per heavy atom. The van der Waals surface area contributed by atoms with Crippen LogP contribution in [0.1, 0.15) is 98.3 Å². The minimum Gasteiger partial charge on any atom is -0.498 e. The van der Waals surface area contributed by atoms with E-state index in [1.165, 1.54) is 63.5 Å². The molecule has 2 N–H and O–H groups in total. The third-order valence-electron chi connectivity index (χ3n) is 8.75. The van der Waals surface area contributed by atoms with E-state index in [1.54, 1.807) is 5.57 Å². The van der Waals surface area contributed by atoms with Gasteiger partial charge < -0.3 is 10.5 Å². The lowest BCUT2D eigenvalue weighted by Gasteiger charge is -2.48. The molecule has 0 bridgehead atoms. The predicted molar refractivity (Wildman–Crippen MR) is 125 cm³/mol. The van der Waals surface area contributed by atoms with Crippen molar-refractivity contribution in [3.05, 3.63) is 23.5 Å². The number of hydrogen-bond acceptors (Lipinski definition) is 2. The Morgan fingerprint density at radius 2 is 2.14 bits per heavy atom. The van der Waals surface area contributed by atoms with Gasteiger partial charge in [-0.2, -0.15) is 0 Å². The van der Waals surface area contributed by atoms with Gasteiger partial charge in [-0.15, -0.1) is 0 Å². The number of unbranched alkanes of at least 4 members (excludes halogenated alkanes) is 1. The molecule has 6 atom stereocenters. The highest BCUT2D eigenvalue weighted by molar-refractivity contribution is 5.24. The Balaban J connectivity index is 1.49. The van der Waals surface area contributed by atoms with Gasteiger partial charge >= 0.3 is 0 Å². The van der Waals surface area contributed by atoms with Crippen molar-refractivity contribution >= 4 is 0 Å². The largest absolute Gasteiger partial charge is 0.498 e. The standard InChI is InChI=1S/C27H47NO/c1-5-16-29-24(6-2)12-8-7-10-20(3)17-22-18-26-25(21(22)4)14-13-23-11-9-15-27(23,26)19-28/h6,18,20-21,23,25-26H,5,7-17,19,28H2,1-4H3/b24-6+. The molecule has 0 amide bonds. The highest BCUT2D eigenvalue weighted by Crippen LogP contribution is 2.61. The zero-order valence-corrected chi connectivity index (χ0v) is 19.7. The van der Waals surface area contributed by atoms with E-state index in [2.05, 4.69) is 39.8 Å². The first kappa shape index (κ1) is 22.9. The SMILES string of the molecule is C/C=C(\CCCCC(C)CC1=CC2C(CCC3CCCC32CN)C1C)OCCC. The van der Waals surface area contributed by atoms with Crippen LogP contribution in [0.3, 0.4) is 0 Å². The van der Waals surface area contributed by atoms with E-state index in [1.807, 2.05) is 0 Å². The summed E-state index contributed by atoms with van der Waals surface area (Å²) in [6.45, 7) is 11.0. The third kappa shape index (κ3) is 4.94. The van der Waals surface area contributed by atoms with Gasteiger partial charge in [-0.25, -0.2) is 0 Å². The lowest BCUT2D eigenvalue weighted by molar-refractivity contribution is 0.0350. The number of hydrogen-bond donors (Lipinski definition) is 1. The molecule has 2 saturated carbocycles. The maximum absolute atomic E-state index is 6.43. The molecule has 2 heteroatoms. The van der Waals surface area contributed by atoms with Crippen molar-refractivity contribution in [3.63, 3.8) is 0 Å². The molecule has 29 heavy (non-hydrogen) atoms. The van der Waals surface area contributed by atoms with Crippen LogP contribution >= 0.6 is 0 Å². The quantitative estimate of drug-likeness (QED) is 0.225. The summed E-state index contributed by atoms with van der Waals surface area (Å²) >= 11 is 0. The van der Waals surface area contributed by atoms with E-state index in [0.29, 0.717) is 5.41 Å². The molecule has 3 rings (SSSR count). The minimum atomic E-state index is 0.448. The number of ether oxygens (including phenoxy) is 1. The molecule has 2 fully saturated rings. The summed E-state index contributed by atoms with van der Waals surface area (Å²) in [7, 11) is 0. The van der Waals surface area contributed by atoms with Gasteiger partial charge in [-0.05, 0) is 99.5 Å². The van der Waals surface area contributed by atoms with Crippen molar-refractivity contribution in [2.24, 2.45) is 40.7 Å². The Labute approximate surface area is 180 Å². The predicted octanol–water partition coefficient (Wildman–Crippen LogP) is 7.25. The summed E-state index contributed by atoms with van der Waals surface area (Å²) in [6, 6.07) is 0. The summed E-state index contributed by atoms with van der Waals surface area (Å²) in [6.07, 6.45) is 19.4. The van der Waals surface area contributed by atoms with Crippen molar-refractivity contribution in [1.82, 2.24) is 0 Å². The molecule has 0 aromatic carbocycles. The minimum absolute atomic E-state index is 0.448. The topological polar surface area (TPSA) is 35.2 Å². The normalized spacial score (nSPS) is 35.2. The highest BCUT2D eigenvalue weighted by atomic mass is 16.5. The first-order chi connectivity index (χ1) is 14.1. The van der Waals surface area contributed by atoms with Crippen molar-refractivity contribution in [1.29, 1.82) is 0 Å². The fraction of sp³-hybridized carbons (Fsp3) is 0.852. The van der Waals surface area contributed by atoms with Crippen LogP contribution in [0.25, 0.3) is 0 Å². The maximum atomic E-state index is 6.43. The number of rotatable bonds is 11. The van der Waals surface area contributed by atoms with Gasteiger partial charge in [0.1, 0.15) is 0 Å². The monoisotopic (exact) mass is 401 g/mol. The molecular formula is C27H47NO. The Hall–Kier alpha value is -0.760. The molecule has 3 aliphatic rings. The van der Waals surface area contributed by atoms with E-state index < -0.39 is 0 Å². The van der Waals surface area contributed by atoms with E-state index in [0.717, 1.165) is 55.6 Å². The summed E-state index contributed by atoms with van der Waals surface area (Å²) in [5, 5.41) is 0. The summed E-state index contributed by atoms with van der Waals surface area (Å²) in [4.78, 5) is 0. The van der Waals surface area contributed by atoms with Gasteiger partial charge in [-0.1, -0.05) is 51.7 Å². The van der Waals surface area contributed by atoms with Crippen molar-refractivity contribution in [2.45, 2.75) is 98.3 Å². The molecule has 166 valence electrons. The molecule has 0 heterocycles. The van der Waals surface area contributed by atoms with Crippen LogP contribution in [0.2, 0.25) is 0 Å². The smallest absolute Gasteiger partial charge is 0.0917 e. The van der Waals surface area contributed by atoms with E-state index in [4.69, 9.17) is 10.5 Å². The average Bonchev–Trinajstić information content (AvgIpc) is 3.29. The van der Waals surface area contributed by atoms with Crippen LogP contribution in [-0.2, 0) is 4.74 Å². The average molecular weight is 402 g/mol. The molecule has 0 spiro atoms. The second-order valence-electron chi connectivity index (χ2n) is 10.5. The van der Waals surface area contributed by atoms with Crippen LogP contribution in [0.15, 0.2) is 23.5 Å². The van der Waals surface area contributed by atoms with Crippen LogP contribution < -0.4 is 5.73 Å². The van der Waals surface area contributed by atoms with Crippen LogP contribution in [0.5, 0.6) is 0 Å². The molecule has 0 aromatic heterocycles. The maximum Gasteiger partial charge on any atom is 0.0917 e. The van der Waals surface area contributed by atoms with Gasteiger partial charge in [0, 0.05) is 6.42 Å². The van der Waals surface area contributed by atoms with Gasteiger partial charge in [0.2, 0.25) is 0 Å². The lowest BCUT2D eigenvalue weighted by atomic mass is 9.57. The molecule has 6 unspecified atom stereocenters. The van der Waals surface area contributed by atoms with Crippen molar-refractivity contribution in [2.75, 3.05) is 13.2 Å². The summed E-state index contributed by atoms with van der Waals surface area (Å²) in [5.41, 5.74) is 8.65. The molecule has 0 radical (unpaired) electrons. The van der Waals surface area contributed by atoms with Gasteiger partial charge in [0.05, 0.1) is 12.4 Å². The van der Waals surface area contributed by atoms with Crippen LogP contribution in [0.4, 0.5) is 0 Å². The number of allylic oxidation sites excluding steroid dienone is 4. The van der Waals surface area contributed by atoms with E-state index >= 15 is 0 Å². The van der Waals surface area contributed by atoms with Gasteiger partial charge in [0.25, 0.3) is 0 Å². The first-order valence-electron chi connectivity index (χ1n) is 12.7. The van der Waals surface area contributed by atoms with Crippen molar-refractivity contribution in [3.8, 4) is 0 Å². The Kier molecular flexibility index (Phi) is 8.31. The van der Waals surface area contributed by atoms with Crippen LogP contribution in [0, 0.1) is 35.0 Å². The van der Waals surface area contributed by atoms with E-state index in [-0.39, 0.29) is 0 Å². The highest BCUT2D eigenvalue weighted by Gasteiger charge is 2.55. The van der Waals surface area contributed by atoms with Crippen molar-refractivity contribution < 1.29 is 4.74 Å². The molecule has 0 aliphatic heterocycles. The molecule has 0 saturated heterocycles. The Bertz CT molecular complexity index is 579. The van der Waals surface area contributed by atoms with Crippen LogP contribution in [-0.4, -0.2) is 13.2 Å². The molecule has 3 aliphatic carbocycles. The number of nitrogens with two attached hydrogens (primary N) is 1. The molecule has 0 aromatic rings. The third-order valence-corrected chi connectivity index (χ3v) is 8.75. The zero-order chi connectivity index (χ0) is 20.9. The number of fused-ring (bicyclic) bond motifs is 3.